The quantitative estimate of drug-likeness (QED) is 0.693. The summed E-state index contributed by atoms with van der Waals surface area (Å²) >= 11 is 0. The minimum atomic E-state index is -0.0941. The maximum absolute atomic E-state index is 12.5. The molecule has 0 unspecified atom stereocenters. The lowest BCUT2D eigenvalue weighted by molar-refractivity contribution is 0.0123. The molecule has 2 heterocycles. The fourth-order valence-corrected chi connectivity index (χ4v) is 3.00. The normalized spacial score (nSPS) is 22.5. The van der Waals surface area contributed by atoms with Crippen LogP contribution in [0.1, 0.15) is 47.0 Å². The minimum absolute atomic E-state index is 0.0252. The number of carbonyl (C=O) groups excluding carboxylic acids is 1. The molecule has 0 bridgehead atoms. The molecule has 1 aromatic heterocycles. The molecule has 4 nitrogen and oxygen atoms in total. The SMILES string of the molecule is CC1(C)CCCC(C)(C)N1C(=O)n1ccnc1. The number of hydrogen-bond acceptors (Lipinski definition) is 2. The number of amides is 1. The van der Waals surface area contributed by atoms with Gasteiger partial charge in [-0.2, -0.15) is 0 Å². The smallest absolute Gasteiger partial charge is 0.314 e. The summed E-state index contributed by atoms with van der Waals surface area (Å²) in [5.41, 5.74) is -0.188. The van der Waals surface area contributed by atoms with Crippen LogP contribution in [0.2, 0.25) is 0 Å². The molecule has 1 saturated heterocycles. The molecular weight excluding hydrogens is 214 g/mol. The fraction of sp³-hybridized carbons (Fsp3) is 0.692. The molecule has 0 aromatic carbocycles. The molecule has 0 atom stereocenters. The zero-order valence-electron chi connectivity index (χ0n) is 11.1. The van der Waals surface area contributed by atoms with E-state index in [1.165, 1.54) is 6.42 Å². The van der Waals surface area contributed by atoms with Gasteiger partial charge in [0.1, 0.15) is 6.33 Å². The van der Waals surface area contributed by atoms with E-state index in [1.54, 1.807) is 23.3 Å². The van der Waals surface area contributed by atoms with Gasteiger partial charge in [0, 0.05) is 23.5 Å². The molecule has 94 valence electrons. The molecule has 0 N–H and O–H groups in total. The van der Waals surface area contributed by atoms with Crippen LogP contribution >= 0.6 is 0 Å². The molecule has 0 saturated carbocycles. The number of hydrogen-bond donors (Lipinski definition) is 0. The molecule has 1 aliphatic heterocycles. The zero-order chi connectivity index (χ0) is 12.7. The summed E-state index contributed by atoms with van der Waals surface area (Å²) in [4.78, 5) is 18.5. The van der Waals surface area contributed by atoms with Crippen LogP contribution < -0.4 is 0 Å². The molecule has 1 aromatic rings. The first-order chi connectivity index (χ1) is 7.84. The number of imidazole rings is 1. The lowest BCUT2D eigenvalue weighted by Gasteiger charge is -2.52. The average Bonchev–Trinajstić information content (AvgIpc) is 2.66. The van der Waals surface area contributed by atoms with E-state index in [-0.39, 0.29) is 17.1 Å². The van der Waals surface area contributed by atoms with Crippen molar-refractivity contribution in [3.63, 3.8) is 0 Å². The molecule has 2 rings (SSSR count). The molecule has 4 heteroatoms. The average molecular weight is 235 g/mol. The van der Waals surface area contributed by atoms with Gasteiger partial charge in [-0.3, -0.25) is 4.57 Å². The predicted octanol–water partition coefficient (Wildman–Crippen LogP) is 2.89. The largest absolute Gasteiger partial charge is 0.330 e. The minimum Gasteiger partial charge on any atom is -0.314 e. The number of nitrogens with zero attached hydrogens (tertiary/aromatic N) is 3. The highest BCUT2D eigenvalue weighted by atomic mass is 16.2. The maximum atomic E-state index is 12.5. The second-order valence-electron chi connectivity index (χ2n) is 6.07. The highest BCUT2D eigenvalue weighted by Crippen LogP contribution is 2.38. The third kappa shape index (κ3) is 2.08. The Morgan fingerprint density at radius 2 is 1.76 bits per heavy atom. The van der Waals surface area contributed by atoms with E-state index in [2.05, 4.69) is 32.7 Å². The standard InChI is InChI=1S/C13H21N3O/c1-12(2)6-5-7-13(3,4)16(12)11(17)15-9-8-14-10-15/h8-10H,5-7H2,1-4H3. The van der Waals surface area contributed by atoms with Gasteiger partial charge in [-0.15, -0.1) is 0 Å². The molecule has 1 fully saturated rings. The van der Waals surface area contributed by atoms with E-state index in [0.717, 1.165) is 12.8 Å². The Labute approximate surface area is 103 Å². The second-order valence-corrected chi connectivity index (χ2v) is 6.07. The Morgan fingerprint density at radius 1 is 1.18 bits per heavy atom. The van der Waals surface area contributed by atoms with Crippen LogP contribution in [0.4, 0.5) is 4.79 Å². The van der Waals surface area contributed by atoms with Gasteiger partial charge in [0.2, 0.25) is 0 Å². The highest BCUT2D eigenvalue weighted by Gasteiger charge is 2.44. The van der Waals surface area contributed by atoms with Crippen molar-refractivity contribution in [1.29, 1.82) is 0 Å². The number of likely N-dealkylation sites (tertiary alicyclic amines) is 1. The molecule has 0 radical (unpaired) electrons. The molecule has 0 aliphatic carbocycles. The first-order valence-electron chi connectivity index (χ1n) is 6.17. The first-order valence-corrected chi connectivity index (χ1v) is 6.17. The summed E-state index contributed by atoms with van der Waals surface area (Å²) in [6, 6.07) is 0.0252. The van der Waals surface area contributed by atoms with Crippen molar-refractivity contribution < 1.29 is 4.79 Å². The highest BCUT2D eigenvalue weighted by molar-refractivity contribution is 5.78. The summed E-state index contributed by atoms with van der Waals surface area (Å²) < 4.78 is 1.56. The van der Waals surface area contributed by atoms with Gasteiger partial charge in [0.15, 0.2) is 0 Å². The Bertz CT molecular complexity index is 390. The van der Waals surface area contributed by atoms with E-state index in [1.807, 2.05) is 4.90 Å². The van der Waals surface area contributed by atoms with Crippen LogP contribution in [0.3, 0.4) is 0 Å². The van der Waals surface area contributed by atoms with Crippen molar-refractivity contribution in [3.05, 3.63) is 18.7 Å². The topological polar surface area (TPSA) is 38.1 Å². The monoisotopic (exact) mass is 235 g/mol. The molecular formula is C13H21N3O. The van der Waals surface area contributed by atoms with Crippen LogP contribution in [0.25, 0.3) is 0 Å². The summed E-state index contributed by atoms with van der Waals surface area (Å²) in [6.07, 6.45) is 8.20. The molecule has 0 spiro atoms. The third-order valence-corrected chi connectivity index (χ3v) is 3.70. The summed E-state index contributed by atoms with van der Waals surface area (Å²) in [5, 5.41) is 0. The van der Waals surface area contributed by atoms with Gasteiger partial charge in [-0.1, -0.05) is 0 Å². The molecule has 17 heavy (non-hydrogen) atoms. The second kappa shape index (κ2) is 3.86. The van der Waals surface area contributed by atoms with Crippen LogP contribution in [-0.2, 0) is 0 Å². The van der Waals surface area contributed by atoms with E-state index >= 15 is 0 Å². The van der Waals surface area contributed by atoms with Crippen molar-refractivity contribution >= 4 is 6.03 Å². The van der Waals surface area contributed by atoms with Crippen LogP contribution in [0.15, 0.2) is 18.7 Å². The van der Waals surface area contributed by atoms with Gasteiger partial charge in [-0.05, 0) is 47.0 Å². The maximum Gasteiger partial charge on any atom is 0.330 e. The number of piperidine rings is 1. The van der Waals surface area contributed by atoms with E-state index in [4.69, 9.17) is 0 Å². The first kappa shape index (κ1) is 12.1. The molecule has 1 amide bonds. The number of carbonyl (C=O) groups is 1. The summed E-state index contributed by atoms with van der Waals surface area (Å²) in [5.74, 6) is 0. The summed E-state index contributed by atoms with van der Waals surface area (Å²) in [7, 11) is 0. The predicted molar refractivity (Wildman–Crippen MR) is 66.9 cm³/mol. The van der Waals surface area contributed by atoms with E-state index in [9.17, 15) is 4.79 Å². The Balaban J connectivity index is 2.36. The fourth-order valence-electron chi connectivity index (χ4n) is 3.00. The van der Waals surface area contributed by atoms with Crippen molar-refractivity contribution in [2.24, 2.45) is 0 Å². The third-order valence-electron chi connectivity index (χ3n) is 3.70. The van der Waals surface area contributed by atoms with E-state index in [0.29, 0.717) is 0 Å². The van der Waals surface area contributed by atoms with Gasteiger partial charge < -0.3 is 4.90 Å². The summed E-state index contributed by atoms with van der Waals surface area (Å²) in [6.45, 7) is 8.57. The number of rotatable bonds is 0. The van der Waals surface area contributed by atoms with Crippen molar-refractivity contribution in [2.75, 3.05) is 0 Å². The lowest BCUT2D eigenvalue weighted by atomic mass is 9.80. The van der Waals surface area contributed by atoms with Crippen molar-refractivity contribution in [3.8, 4) is 0 Å². The van der Waals surface area contributed by atoms with Gasteiger partial charge in [0.25, 0.3) is 0 Å². The van der Waals surface area contributed by atoms with Gasteiger partial charge in [0.05, 0.1) is 0 Å². The zero-order valence-corrected chi connectivity index (χ0v) is 11.1. The van der Waals surface area contributed by atoms with Gasteiger partial charge >= 0.3 is 6.03 Å². The van der Waals surface area contributed by atoms with Crippen molar-refractivity contribution in [1.82, 2.24) is 14.5 Å². The van der Waals surface area contributed by atoms with Crippen LogP contribution in [0, 0.1) is 0 Å². The Kier molecular flexibility index (Phi) is 2.76. The van der Waals surface area contributed by atoms with E-state index < -0.39 is 0 Å². The van der Waals surface area contributed by atoms with Crippen LogP contribution in [0.5, 0.6) is 0 Å². The lowest BCUT2D eigenvalue weighted by Crippen LogP contribution is -2.61. The Hall–Kier alpha value is -1.32. The number of aromatic nitrogens is 2. The van der Waals surface area contributed by atoms with Crippen molar-refractivity contribution in [2.45, 2.75) is 58.0 Å². The Morgan fingerprint density at radius 3 is 2.24 bits per heavy atom. The van der Waals surface area contributed by atoms with Crippen LogP contribution in [-0.4, -0.2) is 31.6 Å². The molecule has 1 aliphatic rings. The van der Waals surface area contributed by atoms with Gasteiger partial charge in [-0.25, -0.2) is 9.78 Å².